The number of nitrogens with two attached hydrogens (primary N) is 3. The lowest BCUT2D eigenvalue weighted by molar-refractivity contribution is 0.393. The molecule has 3 aromatic carbocycles. The molecule has 1 aliphatic carbocycles. The van der Waals surface area contributed by atoms with E-state index in [4.69, 9.17) is 17.2 Å². The number of nitrogen functional groups attached to an aromatic ring is 1. The van der Waals surface area contributed by atoms with Crippen LogP contribution in [0.25, 0.3) is 32.9 Å². The molecule has 2 atom stereocenters. The van der Waals surface area contributed by atoms with Gasteiger partial charge in [-0.05, 0) is 79.1 Å². The summed E-state index contributed by atoms with van der Waals surface area (Å²) < 4.78 is 2.46. The first kappa shape index (κ1) is 20.1. The van der Waals surface area contributed by atoms with Gasteiger partial charge in [-0.1, -0.05) is 42.8 Å². The van der Waals surface area contributed by atoms with E-state index >= 15 is 0 Å². The fraction of sp³-hybridized carbons (Fsp3) is 0.333. The Morgan fingerprint density at radius 1 is 0.871 bits per heavy atom. The Hall–Kier alpha value is -2.82. The van der Waals surface area contributed by atoms with Crippen molar-refractivity contribution in [3.63, 3.8) is 0 Å². The van der Waals surface area contributed by atoms with Crippen LogP contribution < -0.4 is 17.2 Å². The molecular formula is C27H32N4. The highest BCUT2D eigenvalue weighted by atomic mass is 15.0. The van der Waals surface area contributed by atoms with E-state index in [1.807, 2.05) is 18.2 Å². The van der Waals surface area contributed by atoms with Gasteiger partial charge in [0.25, 0.3) is 0 Å². The second-order valence-corrected chi connectivity index (χ2v) is 9.05. The maximum atomic E-state index is 6.29. The average Bonchev–Trinajstić information content (AvgIpc) is 3.09. The minimum absolute atomic E-state index is 0.332. The van der Waals surface area contributed by atoms with Crippen LogP contribution in [0.2, 0.25) is 0 Å². The smallest absolute Gasteiger partial charge is 0.0497 e. The SMILES string of the molecule is NCCCn1c2cc(-c3cccc(N)c3)ccc2c2ccc(C3CCCC(N)C3)cc21. The molecule has 1 heterocycles. The largest absolute Gasteiger partial charge is 0.399 e. The minimum atomic E-state index is 0.332. The number of benzene rings is 3. The molecule has 0 aliphatic heterocycles. The quantitative estimate of drug-likeness (QED) is 0.385. The van der Waals surface area contributed by atoms with Crippen LogP contribution in [0, 0.1) is 0 Å². The number of aromatic nitrogens is 1. The minimum Gasteiger partial charge on any atom is -0.399 e. The van der Waals surface area contributed by atoms with E-state index in [9.17, 15) is 0 Å². The Labute approximate surface area is 184 Å². The van der Waals surface area contributed by atoms with Crippen LogP contribution in [-0.4, -0.2) is 17.2 Å². The van der Waals surface area contributed by atoms with Crippen molar-refractivity contribution >= 4 is 27.5 Å². The summed E-state index contributed by atoms with van der Waals surface area (Å²) in [6, 6.07) is 22.2. The molecule has 160 valence electrons. The van der Waals surface area contributed by atoms with E-state index in [-0.39, 0.29) is 0 Å². The van der Waals surface area contributed by atoms with Crippen molar-refractivity contribution in [3.8, 4) is 11.1 Å². The highest BCUT2D eigenvalue weighted by Crippen LogP contribution is 2.37. The number of nitrogens with zero attached hydrogens (tertiary/aromatic N) is 1. The van der Waals surface area contributed by atoms with Gasteiger partial charge in [-0.25, -0.2) is 0 Å². The molecular weight excluding hydrogens is 380 g/mol. The molecule has 5 rings (SSSR count). The van der Waals surface area contributed by atoms with E-state index in [0.29, 0.717) is 18.5 Å². The zero-order chi connectivity index (χ0) is 21.4. The first-order valence-corrected chi connectivity index (χ1v) is 11.5. The molecule has 31 heavy (non-hydrogen) atoms. The fourth-order valence-electron chi connectivity index (χ4n) is 5.28. The number of rotatable bonds is 5. The van der Waals surface area contributed by atoms with Gasteiger partial charge in [-0.2, -0.15) is 0 Å². The summed E-state index contributed by atoms with van der Waals surface area (Å²) in [5.74, 6) is 0.567. The maximum absolute atomic E-state index is 6.29. The van der Waals surface area contributed by atoms with Crippen LogP contribution in [0.1, 0.15) is 43.6 Å². The van der Waals surface area contributed by atoms with Crippen molar-refractivity contribution in [2.75, 3.05) is 12.3 Å². The predicted molar refractivity (Wildman–Crippen MR) is 132 cm³/mol. The van der Waals surface area contributed by atoms with Crippen molar-refractivity contribution in [3.05, 3.63) is 66.2 Å². The Balaban J connectivity index is 1.66. The summed E-state index contributed by atoms with van der Waals surface area (Å²) in [5.41, 5.74) is 25.3. The van der Waals surface area contributed by atoms with Crippen LogP contribution in [0.3, 0.4) is 0 Å². The van der Waals surface area contributed by atoms with E-state index in [2.05, 4.69) is 47.0 Å². The Kier molecular flexibility index (Phi) is 5.43. The van der Waals surface area contributed by atoms with Gasteiger partial charge >= 0.3 is 0 Å². The van der Waals surface area contributed by atoms with Crippen LogP contribution in [0.5, 0.6) is 0 Å². The molecule has 1 aliphatic rings. The second-order valence-electron chi connectivity index (χ2n) is 9.05. The molecule has 0 spiro atoms. The van der Waals surface area contributed by atoms with Crippen LogP contribution in [0.15, 0.2) is 60.7 Å². The first-order chi connectivity index (χ1) is 15.1. The molecule has 2 unspecified atom stereocenters. The van der Waals surface area contributed by atoms with Gasteiger partial charge in [-0.15, -0.1) is 0 Å². The Bertz CT molecular complexity index is 1220. The van der Waals surface area contributed by atoms with Gasteiger partial charge in [0.15, 0.2) is 0 Å². The summed E-state index contributed by atoms with van der Waals surface area (Å²) >= 11 is 0. The number of anilines is 1. The van der Waals surface area contributed by atoms with Crippen molar-refractivity contribution in [2.45, 2.75) is 50.6 Å². The number of hydrogen-bond acceptors (Lipinski definition) is 3. The van der Waals surface area contributed by atoms with E-state index in [1.54, 1.807) is 0 Å². The summed E-state index contributed by atoms with van der Waals surface area (Å²) in [5, 5.41) is 2.61. The maximum Gasteiger partial charge on any atom is 0.0497 e. The van der Waals surface area contributed by atoms with Crippen molar-refractivity contribution < 1.29 is 0 Å². The van der Waals surface area contributed by atoms with Crippen LogP contribution in [0.4, 0.5) is 5.69 Å². The monoisotopic (exact) mass is 412 g/mol. The molecule has 4 aromatic rings. The van der Waals surface area contributed by atoms with Gasteiger partial charge in [0.2, 0.25) is 0 Å². The van der Waals surface area contributed by atoms with Crippen molar-refractivity contribution in [2.24, 2.45) is 11.5 Å². The van der Waals surface area contributed by atoms with Gasteiger partial charge in [0.1, 0.15) is 0 Å². The third-order valence-electron chi connectivity index (χ3n) is 6.88. The third-order valence-corrected chi connectivity index (χ3v) is 6.88. The molecule has 0 radical (unpaired) electrons. The van der Waals surface area contributed by atoms with E-state index in [0.717, 1.165) is 37.1 Å². The lowest BCUT2D eigenvalue weighted by Gasteiger charge is -2.27. The van der Waals surface area contributed by atoms with E-state index < -0.39 is 0 Å². The standard InChI is InChI=1S/C27H32N4/c28-12-3-13-31-26-16-20(18-4-1-6-22(29)14-18)8-10-24(26)25-11-9-21(17-27(25)31)19-5-2-7-23(30)15-19/h1,4,6,8-11,14,16-17,19,23H,2-3,5,7,12-13,15,28-30H2. The van der Waals surface area contributed by atoms with Gasteiger partial charge in [-0.3, -0.25) is 0 Å². The normalized spacial score (nSPS) is 19.3. The van der Waals surface area contributed by atoms with Gasteiger partial charge in [0, 0.05) is 40.1 Å². The molecule has 1 fully saturated rings. The van der Waals surface area contributed by atoms with Gasteiger partial charge in [0.05, 0.1) is 0 Å². The molecule has 4 nitrogen and oxygen atoms in total. The second kappa shape index (κ2) is 8.37. The number of aryl methyl sites for hydroxylation is 1. The summed E-state index contributed by atoms with van der Waals surface area (Å²) in [4.78, 5) is 0. The van der Waals surface area contributed by atoms with Gasteiger partial charge < -0.3 is 21.8 Å². The Morgan fingerprint density at radius 3 is 2.42 bits per heavy atom. The molecule has 0 bridgehead atoms. The molecule has 4 heteroatoms. The first-order valence-electron chi connectivity index (χ1n) is 11.5. The molecule has 1 saturated carbocycles. The van der Waals surface area contributed by atoms with Crippen molar-refractivity contribution in [1.29, 1.82) is 0 Å². The Morgan fingerprint density at radius 2 is 1.65 bits per heavy atom. The summed E-state index contributed by atoms with van der Waals surface area (Å²) in [7, 11) is 0. The number of fused-ring (bicyclic) bond motifs is 3. The average molecular weight is 413 g/mol. The highest BCUT2D eigenvalue weighted by Gasteiger charge is 2.22. The van der Waals surface area contributed by atoms with Crippen LogP contribution >= 0.6 is 0 Å². The highest BCUT2D eigenvalue weighted by molar-refractivity contribution is 6.09. The topological polar surface area (TPSA) is 83.0 Å². The molecule has 1 aromatic heterocycles. The lowest BCUT2D eigenvalue weighted by atomic mass is 9.81. The predicted octanol–water partition coefficient (Wildman–Crippen LogP) is 5.38. The number of hydrogen-bond donors (Lipinski definition) is 3. The molecule has 0 amide bonds. The van der Waals surface area contributed by atoms with Crippen LogP contribution in [-0.2, 0) is 6.54 Å². The zero-order valence-corrected chi connectivity index (χ0v) is 18.1. The summed E-state index contributed by atoms with van der Waals surface area (Å²) in [6.07, 6.45) is 5.67. The molecule has 6 N–H and O–H groups in total. The third kappa shape index (κ3) is 3.82. The lowest BCUT2D eigenvalue weighted by Crippen LogP contribution is -2.26. The summed E-state index contributed by atoms with van der Waals surface area (Å²) in [6.45, 7) is 1.61. The van der Waals surface area contributed by atoms with Crippen molar-refractivity contribution in [1.82, 2.24) is 4.57 Å². The van der Waals surface area contributed by atoms with E-state index in [1.165, 1.54) is 45.8 Å². The molecule has 0 saturated heterocycles. The fourth-order valence-corrected chi connectivity index (χ4v) is 5.28. The zero-order valence-electron chi connectivity index (χ0n) is 18.1.